The largest absolute Gasteiger partial charge is 0.366 e. The zero-order valence-corrected chi connectivity index (χ0v) is 34.9. The molecule has 6 aromatic carbocycles. The van der Waals surface area contributed by atoms with E-state index in [9.17, 15) is 0 Å². The van der Waals surface area contributed by atoms with Gasteiger partial charge in [0, 0.05) is 52.3 Å². The van der Waals surface area contributed by atoms with Crippen LogP contribution in [0, 0.1) is 0 Å². The molecule has 0 fully saturated rings. The molecular weight excluding hydrogens is 765 g/mol. The van der Waals surface area contributed by atoms with E-state index in [0.717, 1.165) is 31.4 Å². The fourth-order valence-electron chi connectivity index (χ4n) is 10.9. The third-order valence-electron chi connectivity index (χ3n) is 14.1. The molecule has 2 atom stereocenters. The predicted octanol–water partition coefficient (Wildman–Crippen LogP) is 14.5. The van der Waals surface area contributed by atoms with Gasteiger partial charge in [-0.1, -0.05) is 127 Å². The molecule has 4 heteroatoms. The Morgan fingerprint density at radius 2 is 1.35 bits per heavy atom. The zero-order valence-electron chi connectivity index (χ0n) is 34.9. The van der Waals surface area contributed by atoms with Crippen molar-refractivity contribution >= 4 is 38.8 Å². The van der Waals surface area contributed by atoms with Crippen molar-refractivity contribution in [1.29, 1.82) is 0 Å². The number of benzene rings is 6. The van der Waals surface area contributed by atoms with Gasteiger partial charge in [0.1, 0.15) is 0 Å². The number of nitrogens with zero attached hydrogens (tertiary/aromatic N) is 3. The SMILES string of the molecule is C1=CCC(c2ccc(-c3ccc4c(c3)c3cc5c(cc3n4-c3cccnc3)-c3ccc4c6c(n(-c7cc[nH]c7)c4c3CC5)C=CC(c3ccc(-c4ccccc4)cc3)C6)cc2)C=C1. The zero-order chi connectivity index (χ0) is 41.4. The van der Waals surface area contributed by atoms with Crippen LogP contribution in [0.2, 0.25) is 0 Å². The molecule has 3 aliphatic carbocycles. The highest BCUT2D eigenvalue weighted by atomic mass is 15.0. The third kappa shape index (κ3) is 5.86. The molecule has 0 spiro atoms. The molecule has 4 heterocycles. The van der Waals surface area contributed by atoms with Gasteiger partial charge >= 0.3 is 0 Å². The summed E-state index contributed by atoms with van der Waals surface area (Å²) < 4.78 is 4.94. The molecule has 2 unspecified atom stereocenters. The van der Waals surface area contributed by atoms with Gasteiger partial charge in [-0.05, 0) is 135 Å². The lowest BCUT2D eigenvalue weighted by molar-refractivity contribution is 0.825. The smallest absolute Gasteiger partial charge is 0.0645 e. The second-order valence-electron chi connectivity index (χ2n) is 17.5. The number of aromatic amines is 1. The molecule has 0 saturated heterocycles. The third-order valence-corrected chi connectivity index (χ3v) is 14.1. The summed E-state index contributed by atoms with van der Waals surface area (Å²) in [6.45, 7) is 0. The van der Waals surface area contributed by atoms with Gasteiger partial charge in [0.05, 0.1) is 34.1 Å². The molecule has 4 nitrogen and oxygen atoms in total. The first kappa shape index (κ1) is 36.0. The fourth-order valence-corrected chi connectivity index (χ4v) is 10.9. The summed E-state index contributed by atoms with van der Waals surface area (Å²) >= 11 is 0. The van der Waals surface area contributed by atoms with Gasteiger partial charge in [-0.15, -0.1) is 0 Å². The van der Waals surface area contributed by atoms with Crippen LogP contribution in [-0.2, 0) is 19.3 Å². The number of allylic oxidation sites excluding steroid dienone is 5. The standard InChI is InChI=1S/C59H44N4/c1-3-8-38(9-4-1)40-13-17-42(18-14-40)44-23-28-57-53(32-44)51-26-25-49-50(59(51)63(57)48-29-31-61-37-48)24-21-46-34-55-54-33-45(43-19-15-41(16-20-43)39-10-5-2-6-11-39)22-27-56(54)62(58(55)35-52(46)49)47-12-7-30-60-36-47/h1-10,12-20,22-23,25-31,33-37,39,44,61H,11,21,24,32H2. The van der Waals surface area contributed by atoms with E-state index in [1.807, 2.05) is 24.7 Å². The average molecular weight is 809 g/mol. The number of rotatable bonds is 6. The second-order valence-corrected chi connectivity index (χ2v) is 17.5. The lowest BCUT2D eigenvalue weighted by Crippen LogP contribution is -2.08. The molecule has 0 bridgehead atoms. The van der Waals surface area contributed by atoms with Crippen molar-refractivity contribution in [3.05, 3.63) is 228 Å². The van der Waals surface area contributed by atoms with E-state index in [1.54, 1.807) is 0 Å². The van der Waals surface area contributed by atoms with Crippen LogP contribution in [0.25, 0.3) is 83.5 Å². The van der Waals surface area contributed by atoms with Gasteiger partial charge in [-0.2, -0.15) is 0 Å². The van der Waals surface area contributed by atoms with Crippen molar-refractivity contribution < 1.29 is 0 Å². The quantitative estimate of drug-likeness (QED) is 0.179. The minimum Gasteiger partial charge on any atom is -0.366 e. The van der Waals surface area contributed by atoms with Gasteiger partial charge in [-0.3, -0.25) is 4.98 Å². The first-order valence-corrected chi connectivity index (χ1v) is 22.3. The number of pyridine rings is 1. The number of aromatic nitrogens is 4. The van der Waals surface area contributed by atoms with E-state index in [4.69, 9.17) is 0 Å². The summed E-state index contributed by atoms with van der Waals surface area (Å²) in [5.41, 5.74) is 21.9. The van der Waals surface area contributed by atoms with E-state index in [-0.39, 0.29) is 0 Å². The molecule has 0 saturated carbocycles. The highest BCUT2D eigenvalue weighted by molar-refractivity contribution is 6.12. The Bertz CT molecular complexity index is 3470. The molecule has 10 aromatic rings. The Balaban J connectivity index is 0.935. The maximum atomic E-state index is 4.59. The van der Waals surface area contributed by atoms with Gasteiger partial charge < -0.3 is 14.1 Å². The first-order chi connectivity index (χ1) is 31.2. The van der Waals surface area contributed by atoms with Gasteiger partial charge in [0.2, 0.25) is 0 Å². The summed E-state index contributed by atoms with van der Waals surface area (Å²) in [7, 11) is 0. The van der Waals surface area contributed by atoms with Gasteiger partial charge in [0.15, 0.2) is 0 Å². The molecule has 13 rings (SSSR count). The maximum Gasteiger partial charge on any atom is 0.0645 e. The van der Waals surface area contributed by atoms with Crippen molar-refractivity contribution in [2.75, 3.05) is 0 Å². The minimum absolute atomic E-state index is 0.309. The second kappa shape index (κ2) is 14.5. The molecule has 0 radical (unpaired) electrons. The van der Waals surface area contributed by atoms with Crippen LogP contribution < -0.4 is 0 Å². The Morgan fingerprint density at radius 3 is 2.13 bits per heavy atom. The first-order valence-electron chi connectivity index (χ1n) is 22.3. The minimum atomic E-state index is 0.309. The van der Waals surface area contributed by atoms with Gasteiger partial charge in [0.25, 0.3) is 0 Å². The van der Waals surface area contributed by atoms with E-state index in [1.165, 1.54) is 105 Å². The number of hydrogen-bond donors (Lipinski definition) is 1. The topological polar surface area (TPSA) is 38.5 Å². The van der Waals surface area contributed by atoms with Crippen molar-refractivity contribution in [2.24, 2.45) is 0 Å². The highest BCUT2D eigenvalue weighted by Crippen LogP contribution is 2.47. The van der Waals surface area contributed by atoms with E-state index >= 15 is 0 Å². The number of H-pyrrole nitrogens is 1. The monoisotopic (exact) mass is 808 g/mol. The van der Waals surface area contributed by atoms with Crippen molar-refractivity contribution in [3.8, 4) is 44.8 Å². The van der Waals surface area contributed by atoms with E-state index in [0.29, 0.717) is 11.8 Å². The fraction of sp³-hybridized carbons (Fsp3) is 0.102. The number of fused-ring (bicyclic) bond motifs is 10. The molecule has 0 amide bonds. The van der Waals surface area contributed by atoms with Crippen LogP contribution >= 0.6 is 0 Å². The Hall–Kier alpha value is -7.69. The number of hydrogen-bond acceptors (Lipinski definition) is 1. The summed E-state index contributed by atoms with van der Waals surface area (Å²) in [5, 5.41) is 3.92. The molecule has 0 aliphatic heterocycles. The van der Waals surface area contributed by atoms with Crippen LogP contribution in [0.4, 0.5) is 0 Å². The Morgan fingerprint density at radius 1 is 0.556 bits per heavy atom. The van der Waals surface area contributed by atoms with Gasteiger partial charge in [-0.25, -0.2) is 0 Å². The Labute approximate surface area is 366 Å². The highest BCUT2D eigenvalue weighted by Gasteiger charge is 2.29. The van der Waals surface area contributed by atoms with Crippen molar-refractivity contribution in [1.82, 2.24) is 19.1 Å². The molecule has 63 heavy (non-hydrogen) atoms. The lowest BCUT2D eigenvalue weighted by Gasteiger charge is -2.23. The van der Waals surface area contributed by atoms with Crippen LogP contribution in [0.15, 0.2) is 195 Å². The molecule has 1 N–H and O–H groups in total. The summed E-state index contributed by atoms with van der Waals surface area (Å²) in [6.07, 6.45) is 25.7. The number of nitrogens with one attached hydrogen (secondary N) is 1. The summed E-state index contributed by atoms with van der Waals surface area (Å²) in [4.78, 5) is 7.96. The van der Waals surface area contributed by atoms with E-state index < -0.39 is 0 Å². The number of aryl methyl sites for hydroxylation is 2. The molecule has 4 aromatic heterocycles. The normalized spacial score (nSPS) is 16.4. The maximum absolute atomic E-state index is 4.59. The molecule has 300 valence electrons. The summed E-state index contributed by atoms with van der Waals surface area (Å²) in [5.74, 6) is 0.752. The van der Waals surface area contributed by atoms with Crippen LogP contribution in [0.1, 0.15) is 51.8 Å². The Kier molecular flexibility index (Phi) is 8.27. The van der Waals surface area contributed by atoms with Crippen LogP contribution in [0.5, 0.6) is 0 Å². The molecular formula is C59H44N4. The summed E-state index contributed by atoms with van der Waals surface area (Å²) in [6, 6.07) is 52.3. The molecule has 3 aliphatic rings. The van der Waals surface area contributed by atoms with E-state index in [2.05, 4.69) is 195 Å². The lowest BCUT2D eigenvalue weighted by atomic mass is 9.82. The van der Waals surface area contributed by atoms with Crippen molar-refractivity contribution in [3.63, 3.8) is 0 Å². The predicted molar refractivity (Wildman–Crippen MR) is 261 cm³/mol. The van der Waals surface area contributed by atoms with Crippen LogP contribution in [-0.4, -0.2) is 19.1 Å². The average Bonchev–Trinajstić information content (AvgIpc) is 4.09. The van der Waals surface area contributed by atoms with Crippen molar-refractivity contribution in [2.45, 2.75) is 37.5 Å². The van der Waals surface area contributed by atoms with Crippen LogP contribution in [0.3, 0.4) is 0 Å².